The second-order valence-electron chi connectivity index (χ2n) is 9.86. The Morgan fingerprint density at radius 2 is 1.46 bits per heavy atom. The lowest BCUT2D eigenvalue weighted by Gasteiger charge is -2.65. The summed E-state index contributed by atoms with van der Waals surface area (Å²) in [6.07, 6.45) is 8.25. The van der Waals surface area contributed by atoms with Crippen LogP contribution in [0.15, 0.2) is 0 Å². The Hall–Kier alpha value is -0.620. The Morgan fingerprint density at radius 1 is 0.917 bits per heavy atom. The van der Waals surface area contributed by atoms with Crippen molar-refractivity contribution in [3.8, 4) is 0 Å². The maximum atomic E-state index is 13.5. The molecule has 2 atom stereocenters. The van der Waals surface area contributed by atoms with Gasteiger partial charge in [0.25, 0.3) is 0 Å². The van der Waals surface area contributed by atoms with Crippen LogP contribution in [0.3, 0.4) is 0 Å². The molecule has 5 rings (SSSR count). The molecule has 0 spiro atoms. The van der Waals surface area contributed by atoms with Crippen LogP contribution in [0, 0.1) is 22.2 Å². The van der Waals surface area contributed by atoms with Crippen LogP contribution in [0.1, 0.15) is 52.4 Å². The van der Waals surface area contributed by atoms with Gasteiger partial charge in [-0.25, -0.2) is 8.42 Å². The van der Waals surface area contributed by atoms with Crippen molar-refractivity contribution < 1.29 is 13.2 Å². The molecule has 5 nitrogen and oxygen atoms in total. The van der Waals surface area contributed by atoms with Crippen LogP contribution in [0.2, 0.25) is 0 Å². The Labute approximate surface area is 145 Å². The van der Waals surface area contributed by atoms with E-state index in [9.17, 15) is 13.2 Å². The molecule has 0 radical (unpaired) electrons. The topological polar surface area (TPSA) is 57.7 Å². The summed E-state index contributed by atoms with van der Waals surface area (Å²) in [5.74, 6) is 1.02. The molecule has 1 saturated heterocycles. The molecule has 6 heteroatoms. The third kappa shape index (κ3) is 2.61. The third-order valence-electron chi connectivity index (χ3n) is 7.07. The zero-order valence-electron chi connectivity index (χ0n) is 15.2. The summed E-state index contributed by atoms with van der Waals surface area (Å²) in [5, 5.41) is 0. The van der Waals surface area contributed by atoms with Crippen molar-refractivity contribution >= 4 is 15.9 Å². The van der Waals surface area contributed by atoms with Gasteiger partial charge in [0.2, 0.25) is 15.9 Å². The summed E-state index contributed by atoms with van der Waals surface area (Å²) in [4.78, 5) is 15.4. The second kappa shape index (κ2) is 4.97. The molecule has 1 aliphatic heterocycles. The maximum absolute atomic E-state index is 13.5. The first-order valence-electron chi connectivity index (χ1n) is 9.27. The molecule has 0 unspecified atom stereocenters. The van der Waals surface area contributed by atoms with Gasteiger partial charge in [-0.1, -0.05) is 13.8 Å². The number of carbonyl (C=O) groups excluding carboxylic acids is 1. The summed E-state index contributed by atoms with van der Waals surface area (Å²) in [7, 11) is -3.14. The highest BCUT2D eigenvalue weighted by Crippen LogP contribution is 2.69. The standard InChI is InChI=1S/C18H30N2O3S/c1-16-8-14-9-17(2,11-16)13-18(10-14,12-16)15(21)19-4-6-20(7-5-19)24(3,22)23/h14H,4-13H2,1-3H3/t14?,16-,17-,18?/m0/s1. The van der Waals surface area contributed by atoms with Gasteiger partial charge in [0, 0.05) is 26.2 Å². The van der Waals surface area contributed by atoms with Crippen LogP contribution in [0.5, 0.6) is 0 Å². The Bertz CT molecular complexity index is 648. The third-order valence-corrected chi connectivity index (χ3v) is 8.38. The average Bonchev–Trinajstić information content (AvgIpc) is 2.42. The van der Waals surface area contributed by atoms with Crippen LogP contribution in [-0.4, -0.2) is 56.0 Å². The predicted octanol–water partition coefficient (Wildman–Crippen LogP) is 2.09. The lowest BCUT2D eigenvalue weighted by atomic mass is 9.40. The fourth-order valence-corrected chi connectivity index (χ4v) is 8.07. The van der Waals surface area contributed by atoms with E-state index in [1.807, 2.05) is 4.90 Å². The molecule has 4 saturated carbocycles. The molecular weight excluding hydrogens is 324 g/mol. The highest BCUT2D eigenvalue weighted by molar-refractivity contribution is 7.88. The van der Waals surface area contributed by atoms with E-state index >= 15 is 0 Å². The van der Waals surface area contributed by atoms with E-state index in [0.717, 1.165) is 19.3 Å². The van der Waals surface area contributed by atoms with E-state index in [1.165, 1.54) is 29.8 Å². The summed E-state index contributed by atoms with van der Waals surface area (Å²) in [5.41, 5.74) is 0.493. The minimum absolute atomic E-state index is 0.170. The zero-order chi connectivity index (χ0) is 17.4. The number of hydrogen-bond acceptors (Lipinski definition) is 3. The molecule has 0 aromatic heterocycles. The molecule has 5 fully saturated rings. The van der Waals surface area contributed by atoms with E-state index < -0.39 is 10.0 Å². The van der Waals surface area contributed by atoms with Gasteiger partial charge in [-0.05, 0) is 55.3 Å². The number of rotatable bonds is 2. The lowest BCUT2D eigenvalue weighted by molar-refractivity contribution is -0.180. The van der Waals surface area contributed by atoms with E-state index in [2.05, 4.69) is 13.8 Å². The van der Waals surface area contributed by atoms with Gasteiger partial charge in [0.1, 0.15) is 0 Å². The molecular formula is C18H30N2O3S. The molecule has 4 bridgehead atoms. The number of carbonyl (C=O) groups is 1. The summed E-state index contributed by atoms with van der Waals surface area (Å²) in [6.45, 7) is 6.76. The molecule has 1 amide bonds. The normalized spacial score (nSPS) is 45.6. The molecule has 0 aromatic carbocycles. The Balaban J connectivity index is 1.53. The SMILES string of the molecule is C[C@@]12CC3CC(C(=O)N4CCN(S(C)(=O)=O)CC4)(C1)C[C@@](C)(C3)C2. The van der Waals surface area contributed by atoms with E-state index in [1.54, 1.807) is 0 Å². The first-order valence-corrected chi connectivity index (χ1v) is 11.1. The highest BCUT2D eigenvalue weighted by atomic mass is 32.2. The monoisotopic (exact) mass is 354 g/mol. The van der Waals surface area contributed by atoms with Gasteiger partial charge < -0.3 is 4.90 Å². The second-order valence-corrected chi connectivity index (χ2v) is 11.8. The molecule has 0 aromatic rings. The minimum atomic E-state index is -3.14. The molecule has 24 heavy (non-hydrogen) atoms. The molecule has 1 heterocycles. The largest absolute Gasteiger partial charge is 0.340 e. The fourth-order valence-electron chi connectivity index (χ4n) is 7.24. The molecule has 4 aliphatic carbocycles. The van der Waals surface area contributed by atoms with Crippen molar-refractivity contribution in [2.45, 2.75) is 52.4 Å². The van der Waals surface area contributed by atoms with Crippen LogP contribution in [0.25, 0.3) is 0 Å². The summed E-state index contributed by atoms with van der Waals surface area (Å²) >= 11 is 0. The first-order chi connectivity index (χ1) is 11.0. The average molecular weight is 355 g/mol. The summed E-state index contributed by atoms with van der Waals surface area (Å²) < 4.78 is 24.9. The van der Waals surface area contributed by atoms with Gasteiger partial charge in [-0.15, -0.1) is 0 Å². The highest BCUT2D eigenvalue weighted by Gasteiger charge is 2.63. The van der Waals surface area contributed by atoms with Gasteiger partial charge in [0.15, 0.2) is 0 Å². The number of nitrogens with zero attached hydrogens (tertiary/aromatic N) is 2. The van der Waals surface area contributed by atoms with Crippen molar-refractivity contribution in [2.75, 3.05) is 32.4 Å². The first kappa shape index (κ1) is 16.8. The van der Waals surface area contributed by atoms with Gasteiger partial charge >= 0.3 is 0 Å². The van der Waals surface area contributed by atoms with Gasteiger partial charge in [0.05, 0.1) is 11.7 Å². The van der Waals surface area contributed by atoms with Crippen LogP contribution in [-0.2, 0) is 14.8 Å². The number of hydrogen-bond donors (Lipinski definition) is 0. The van der Waals surface area contributed by atoms with E-state index in [4.69, 9.17) is 0 Å². The predicted molar refractivity (Wildman–Crippen MR) is 92.8 cm³/mol. The van der Waals surface area contributed by atoms with Gasteiger partial charge in [-0.3, -0.25) is 4.79 Å². The zero-order valence-corrected chi connectivity index (χ0v) is 16.0. The molecule has 136 valence electrons. The number of sulfonamides is 1. The quantitative estimate of drug-likeness (QED) is 0.763. The van der Waals surface area contributed by atoms with Crippen LogP contribution >= 0.6 is 0 Å². The van der Waals surface area contributed by atoms with Crippen molar-refractivity contribution in [3.63, 3.8) is 0 Å². The minimum Gasteiger partial charge on any atom is -0.340 e. The Morgan fingerprint density at radius 3 is 1.92 bits per heavy atom. The van der Waals surface area contributed by atoms with Crippen molar-refractivity contribution in [1.29, 1.82) is 0 Å². The maximum Gasteiger partial charge on any atom is 0.228 e. The van der Waals surface area contributed by atoms with E-state index in [-0.39, 0.29) is 5.41 Å². The molecule has 0 N–H and O–H groups in total. The van der Waals surface area contributed by atoms with Crippen molar-refractivity contribution in [3.05, 3.63) is 0 Å². The van der Waals surface area contributed by atoms with Crippen molar-refractivity contribution in [2.24, 2.45) is 22.2 Å². The van der Waals surface area contributed by atoms with Gasteiger partial charge in [-0.2, -0.15) is 4.31 Å². The Kier molecular flexibility index (Phi) is 3.48. The molecule has 5 aliphatic rings. The lowest BCUT2D eigenvalue weighted by Crippen LogP contribution is -2.62. The summed E-state index contributed by atoms with van der Waals surface area (Å²) in [6, 6.07) is 0. The van der Waals surface area contributed by atoms with Crippen LogP contribution in [0.4, 0.5) is 0 Å². The smallest absolute Gasteiger partial charge is 0.228 e. The number of amides is 1. The van der Waals surface area contributed by atoms with Crippen LogP contribution < -0.4 is 0 Å². The number of piperazine rings is 1. The fraction of sp³-hybridized carbons (Fsp3) is 0.944. The van der Waals surface area contributed by atoms with Crippen molar-refractivity contribution in [1.82, 2.24) is 9.21 Å². The van der Waals surface area contributed by atoms with E-state index in [0.29, 0.717) is 48.8 Å².